The van der Waals surface area contributed by atoms with Gasteiger partial charge in [0.1, 0.15) is 5.75 Å². The second kappa shape index (κ2) is 9.19. The maximum atomic E-state index is 12.9. The Kier molecular flexibility index (Phi) is 6.56. The summed E-state index contributed by atoms with van der Waals surface area (Å²) in [6.07, 6.45) is 8.09. The van der Waals surface area contributed by atoms with Crippen molar-refractivity contribution in [3.05, 3.63) is 24.3 Å². The minimum Gasteiger partial charge on any atom is -0.495 e. The number of anilines is 1. The van der Waals surface area contributed by atoms with Crippen LogP contribution in [0, 0.1) is 23.2 Å². The van der Waals surface area contributed by atoms with Gasteiger partial charge < -0.3 is 20.3 Å². The second-order valence-electron chi connectivity index (χ2n) is 10.3. The number of ether oxygens (including phenoxy) is 1. The number of carbonyl (C=O) groups is 2. The van der Waals surface area contributed by atoms with Crippen LogP contribution in [0.25, 0.3) is 0 Å². The highest BCUT2D eigenvalue weighted by atomic mass is 16.5. The third-order valence-corrected chi connectivity index (χ3v) is 8.08. The quantitative estimate of drug-likeness (QED) is 0.565. The van der Waals surface area contributed by atoms with Crippen LogP contribution >= 0.6 is 0 Å². The van der Waals surface area contributed by atoms with Crippen molar-refractivity contribution in [2.75, 3.05) is 32.1 Å². The van der Waals surface area contributed by atoms with Gasteiger partial charge in [-0.2, -0.15) is 0 Å². The molecule has 4 aliphatic rings. The summed E-state index contributed by atoms with van der Waals surface area (Å²) in [5, 5.41) is 6.24. The van der Waals surface area contributed by atoms with Crippen molar-refractivity contribution >= 4 is 17.5 Å². The van der Waals surface area contributed by atoms with E-state index in [0.29, 0.717) is 23.4 Å². The highest BCUT2D eigenvalue weighted by Gasteiger charge is 2.53. The predicted octanol–water partition coefficient (Wildman–Crippen LogP) is 2.26. The zero-order valence-electron chi connectivity index (χ0n) is 19.2. The summed E-state index contributed by atoms with van der Waals surface area (Å²) in [7, 11) is 1.59. The lowest BCUT2D eigenvalue weighted by Crippen LogP contribution is -3.14. The average molecular weight is 429 g/mol. The van der Waals surface area contributed by atoms with Gasteiger partial charge in [-0.3, -0.25) is 9.59 Å². The molecule has 0 aromatic heterocycles. The van der Waals surface area contributed by atoms with E-state index in [1.807, 2.05) is 31.2 Å². The van der Waals surface area contributed by atoms with E-state index in [1.54, 1.807) is 7.11 Å². The molecule has 4 saturated carbocycles. The summed E-state index contributed by atoms with van der Waals surface area (Å²) >= 11 is 0. The third-order valence-electron chi connectivity index (χ3n) is 8.08. The minimum atomic E-state index is -0.108. The standard InChI is InChI=1S/C25H37N3O3/c1-4-28(16-24(30)27-21-7-5-6-8-22(21)31-3)15-23(29)26-17(2)25-12-18-9-19(13-25)11-20(10-18)14-25/h5-8,17-20H,4,9-16H2,1-3H3,(H,26,29)(H,27,30)/p+1/t17-,18?,19?,20?,25?/m0/s1. The van der Waals surface area contributed by atoms with Gasteiger partial charge in [-0.25, -0.2) is 0 Å². The summed E-state index contributed by atoms with van der Waals surface area (Å²) in [5.41, 5.74) is 0.961. The summed E-state index contributed by atoms with van der Waals surface area (Å²) < 4.78 is 5.30. The molecule has 0 heterocycles. The molecule has 5 rings (SSSR count). The first-order valence-corrected chi connectivity index (χ1v) is 12.0. The molecule has 4 bridgehead atoms. The van der Waals surface area contributed by atoms with Crippen molar-refractivity contribution in [1.82, 2.24) is 5.32 Å². The van der Waals surface area contributed by atoms with E-state index in [2.05, 4.69) is 17.6 Å². The fraction of sp³-hybridized carbons (Fsp3) is 0.680. The lowest BCUT2D eigenvalue weighted by molar-refractivity contribution is -0.881. The van der Waals surface area contributed by atoms with Gasteiger partial charge in [0.2, 0.25) is 0 Å². The first-order valence-electron chi connectivity index (χ1n) is 12.0. The van der Waals surface area contributed by atoms with Crippen LogP contribution in [0.5, 0.6) is 5.75 Å². The first-order chi connectivity index (χ1) is 14.9. The first kappa shape index (κ1) is 22.1. The van der Waals surface area contributed by atoms with Crippen LogP contribution < -0.4 is 20.3 Å². The van der Waals surface area contributed by atoms with E-state index < -0.39 is 0 Å². The van der Waals surface area contributed by atoms with Gasteiger partial charge in [0.15, 0.2) is 13.1 Å². The molecule has 1 aromatic rings. The molecule has 0 aliphatic heterocycles. The highest BCUT2D eigenvalue weighted by Crippen LogP contribution is 2.61. The van der Waals surface area contributed by atoms with Gasteiger partial charge in [0, 0.05) is 6.04 Å². The van der Waals surface area contributed by atoms with Crippen molar-refractivity contribution < 1.29 is 19.2 Å². The summed E-state index contributed by atoms with van der Waals surface area (Å²) in [4.78, 5) is 26.4. The molecule has 1 unspecified atom stereocenters. The molecule has 4 fully saturated rings. The summed E-state index contributed by atoms with van der Waals surface area (Å²) in [6.45, 7) is 5.53. The maximum Gasteiger partial charge on any atom is 0.279 e. The molecular weight excluding hydrogens is 390 g/mol. The zero-order chi connectivity index (χ0) is 22.0. The molecule has 2 amide bonds. The Labute approximate surface area is 186 Å². The molecule has 0 saturated heterocycles. The number of benzene rings is 1. The fourth-order valence-electron chi connectivity index (χ4n) is 6.86. The molecule has 31 heavy (non-hydrogen) atoms. The number of amides is 2. The Morgan fingerprint density at radius 1 is 1.06 bits per heavy atom. The van der Waals surface area contributed by atoms with Crippen LogP contribution in [-0.4, -0.2) is 44.6 Å². The minimum absolute atomic E-state index is 0.0604. The fourth-order valence-corrected chi connectivity index (χ4v) is 6.86. The molecule has 170 valence electrons. The number of quaternary nitrogens is 1. The number of nitrogens with one attached hydrogen (secondary N) is 3. The van der Waals surface area contributed by atoms with E-state index in [4.69, 9.17) is 4.74 Å². The van der Waals surface area contributed by atoms with Gasteiger partial charge in [-0.15, -0.1) is 0 Å². The number of rotatable bonds is 9. The zero-order valence-corrected chi connectivity index (χ0v) is 19.2. The van der Waals surface area contributed by atoms with Crippen LogP contribution in [0.15, 0.2) is 24.3 Å². The van der Waals surface area contributed by atoms with Crippen molar-refractivity contribution in [3.63, 3.8) is 0 Å². The van der Waals surface area contributed by atoms with Crippen molar-refractivity contribution in [3.8, 4) is 5.75 Å². The Bertz CT molecular complexity index is 774. The summed E-state index contributed by atoms with van der Waals surface area (Å²) in [5.74, 6) is 3.22. The lowest BCUT2D eigenvalue weighted by Gasteiger charge is -2.59. The van der Waals surface area contributed by atoms with Gasteiger partial charge >= 0.3 is 0 Å². The smallest absolute Gasteiger partial charge is 0.279 e. The van der Waals surface area contributed by atoms with Crippen LogP contribution in [-0.2, 0) is 9.59 Å². The molecule has 1 aromatic carbocycles. The number of carbonyl (C=O) groups excluding carboxylic acids is 2. The molecule has 2 atom stereocenters. The van der Waals surface area contributed by atoms with Crippen molar-refractivity contribution in [1.29, 1.82) is 0 Å². The molecule has 0 spiro atoms. The lowest BCUT2D eigenvalue weighted by atomic mass is 9.48. The second-order valence-corrected chi connectivity index (χ2v) is 10.3. The molecule has 6 nitrogen and oxygen atoms in total. The Hall–Kier alpha value is -2.08. The van der Waals surface area contributed by atoms with Crippen LogP contribution in [0.3, 0.4) is 0 Å². The van der Waals surface area contributed by atoms with E-state index in [9.17, 15) is 9.59 Å². The predicted molar refractivity (Wildman–Crippen MR) is 121 cm³/mol. The maximum absolute atomic E-state index is 12.9. The normalized spacial score (nSPS) is 30.5. The SMILES string of the molecule is CC[NH+](CC(=O)Nc1ccccc1OC)CC(=O)N[C@@H](C)C12CC3CC(CC(C3)C1)C2. The van der Waals surface area contributed by atoms with Crippen LogP contribution in [0.4, 0.5) is 5.69 Å². The van der Waals surface area contributed by atoms with E-state index in [0.717, 1.165) is 29.2 Å². The van der Waals surface area contributed by atoms with E-state index in [1.165, 1.54) is 38.5 Å². The number of hydrogen-bond acceptors (Lipinski definition) is 3. The van der Waals surface area contributed by atoms with Gasteiger partial charge in [-0.1, -0.05) is 12.1 Å². The molecule has 6 heteroatoms. The van der Waals surface area contributed by atoms with Crippen molar-refractivity contribution in [2.24, 2.45) is 23.2 Å². The third kappa shape index (κ3) is 4.89. The molecule has 3 N–H and O–H groups in total. The van der Waals surface area contributed by atoms with E-state index >= 15 is 0 Å². The van der Waals surface area contributed by atoms with Gasteiger partial charge in [0.25, 0.3) is 11.8 Å². The number of hydrogen-bond donors (Lipinski definition) is 3. The Balaban J connectivity index is 1.29. The summed E-state index contributed by atoms with van der Waals surface area (Å²) in [6, 6.07) is 7.59. The number of methoxy groups -OCH3 is 1. The van der Waals surface area contributed by atoms with E-state index in [-0.39, 0.29) is 24.4 Å². The molecule has 4 aliphatic carbocycles. The van der Waals surface area contributed by atoms with Crippen molar-refractivity contribution in [2.45, 2.75) is 58.4 Å². The largest absolute Gasteiger partial charge is 0.495 e. The molecule has 0 radical (unpaired) electrons. The average Bonchev–Trinajstić information content (AvgIpc) is 2.72. The monoisotopic (exact) mass is 428 g/mol. The number of para-hydroxylation sites is 2. The Morgan fingerprint density at radius 3 is 2.23 bits per heavy atom. The molecular formula is C25H38N3O3+. The van der Waals surface area contributed by atoms with Gasteiger partial charge in [-0.05, 0) is 87.7 Å². The Morgan fingerprint density at radius 2 is 1.65 bits per heavy atom. The van der Waals surface area contributed by atoms with Crippen LogP contribution in [0.1, 0.15) is 52.4 Å². The van der Waals surface area contributed by atoms with Crippen LogP contribution in [0.2, 0.25) is 0 Å². The highest BCUT2D eigenvalue weighted by molar-refractivity contribution is 5.93. The van der Waals surface area contributed by atoms with Gasteiger partial charge in [0.05, 0.1) is 19.3 Å². The number of likely N-dealkylation sites (N-methyl/N-ethyl adjacent to an activating group) is 1. The topological polar surface area (TPSA) is 71.9 Å².